The fourth-order valence-corrected chi connectivity index (χ4v) is 3.34. The number of primary sulfonamides is 1. The van der Waals surface area contributed by atoms with Gasteiger partial charge in [0.15, 0.2) is 0 Å². The molecule has 1 aliphatic heterocycles. The van der Waals surface area contributed by atoms with E-state index in [1.165, 1.54) is 6.07 Å². The third kappa shape index (κ3) is 4.69. The van der Waals surface area contributed by atoms with Gasteiger partial charge < -0.3 is 10.2 Å². The van der Waals surface area contributed by atoms with Crippen molar-refractivity contribution in [3.8, 4) is 0 Å². The Morgan fingerprint density at radius 3 is 2.71 bits per heavy atom. The van der Waals surface area contributed by atoms with E-state index >= 15 is 0 Å². The minimum atomic E-state index is -3.64. The maximum absolute atomic E-state index is 11.4. The zero-order valence-corrected chi connectivity index (χ0v) is 13.6. The molecular weight excluding hydrogens is 286 g/mol. The smallest absolute Gasteiger partial charge is 0.238 e. The van der Waals surface area contributed by atoms with Crippen molar-refractivity contribution in [3.05, 3.63) is 24.3 Å². The van der Waals surface area contributed by atoms with Gasteiger partial charge in [-0.2, -0.15) is 0 Å². The van der Waals surface area contributed by atoms with Gasteiger partial charge in [0.2, 0.25) is 10.0 Å². The summed E-state index contributed by atoms with van der Waals surface area (Å²) in [6.07, 6.45) is 3.32. The molecule has 1 fully saturated rings. The topological polar surface area (TPSA) is 75.4 Å². The van der Waals surface area contributed by atoms with E-state index in [9.17, 15) is 8.42 Å². The molecule has 1 aromatic rings. The van der Waals surface area contributed by atoms with Crippen LogP contribution >= 0.6 is 0 Å². The normalized spacial score (nSPS) is 21.2. The second-order valence-electron chi connectivity index (χ2n) is 5.97. The van der Waals surface area contributed by atoms with E-state index < -0.39 is 10.0 Å². The highest BCUT2D eigenvalue weighted by Gasteiger charge is 2.18. The zero-order valence-electron chi connectivity index (χ0n) is 12.7. The van der Waals surface area contributed by atoms with Gasteiger partial charge in [-0.15, -0.1) is 0 Å². The first-order chi connectivity index (χ1) is 9.86. The van der Waals surface area contributed by atoms with Crippen LogP contribution in [0.3, 0.4) is 0 Å². The Hall–Kier alpha value is -1.11. The van der Waals surface area contributed by atoms with E-state index in [-0.39, 0.29) is 4.90 Å². The highest BCUT2D eigenvalue weighted by molar-refractivity contribution is 7.89. The van der Waals surface area contributed by atoms with Crippen LogP contribution in [0.15, 0.2) is 29.2 Å². The number of nitrogens with one attached hydrogen (secondary N) is 1. The summed E-state index contributed by atoms with van der Waals surface area (Å²) in [6, 6.07) is 7.70. The lowest BCUT2D eigenvalue weighted by Crippen LogP contribution is -2.32. The van der Waals surface area contributed by atoms with Crippen LogP contribution in [0.4, 0.5) is 5.69 Å². The third-order valence-electron chi connectivity index (χ3n) is 4.03. The summed E-state index contributed by atoms with van der Waals surface area (Å²) in [7, 11) is -3.64. The lowest BCUT2D eigenvalue weighted by Gasteiger charge is -2.24. The highest BCUT2D eigenvalue weighted by Crippen LogP contribution is 2.20. The SMILES string of the molecule is CC(C)N1CCCC(Nc2cccc(S(N)(=O)=O)c2)CC1. The van der Waals surface area contributed by atoms with Gasteiger partial charge in [-0.25, -0.2) is 13.6 Å². The molecular formula is C15H25N3O2S. The quantitative estimate of drug-likeness (QED) is 0.892. The molecule has 0 amide bonds. The number of rotatable bonds is 4. The Morgan fingerprint density at radius 2 is 2.05 bits per heavy atom. The molecule has 0 aliphatic carbocycles. The predicted molar refractivity (Wildman–Crippen MR) is 85.8 cm³/mol. The van der Waals surface area contributed by atoms with Gasteiger partial charge in [0, 0.05) is 24.3 Å². The van der Waals surface area contributed by atoms with Gasteiger partial charge in [-0.3, -0.25) is 0 Å². The Bertz CT molecular complexity index is 572. The van der Waals surface area contributed by atoms with E-state index in [0.717, 1.165) is 38.0 Å². The first-order valence-electron chi connectivity index (χ1n) is 7.50. The van der Waals surface area contributed by atoms with Crippen molar-refractivity contribution in [2.75, 3.05) is 18.4 Å². The van der Waals surface area contributed by atoms with Crippen LogP contribution in [0, 0.1) is 0 Å². The summed E-state index contributed by atoms with van der Waals surface area (Å²) in [4.78, 5) is 2.65. The van der Waals surface area contributed by atoms with E-state index in [1.54, 1.807) is 12.1 Å². The Balaban J connectivity index is 2.02. The van der Waals surface area contributed by atoms with Gasteiger partial charge in [0.1, 0.15) is 0 Å². The molecule has 118 valence electrons. The number of benzene rings is 1. The molecule has 6 heteroatoms. The molecule has 21 heavy (non-hydrogen) atoms. The second-order valence-corrected chi connectivity index (χ2v) is 7.54. The lowest BCUT2D eigenvalue weighted by molar-refractivity contribution is 0.230. The summed E-state index contributed by atoms with van der Waals surface area (Å²) in [5.41, 5.74) is 0.824. The first kappa shape index (κ1) is 16.3. The number of likely N-dealkylation sites (tertiary alicyclic amines) is 1. The van der Waals surface area contributed by atoms with Gasteiger partial charge in [-0.1, -0.05) is 6.07 Å². The Labute approximate surface area is 127 Å². The van der Waals surface area contributed by atoms with Gasteiger partial charge in [0.25, 0.3) is 0 Å². The van der Waals surface area contributed by atoms with Gasteiger partial charge in [0.05, 0.1) is 4.90 Å². The molecule has 1 saturated heterocycles. The lowest BCUT2D eigenvalue weighted by atomic mass is 10.1. The molecule has 1 heterocycles. The molecule has 0 radical (unpaired) electrons. The van der Waals surface area contributed by atoms with E-state index in [1.807, 2.05) is 6.07 Å². The highest BCUT2D eigenvalue weighted by atomic mass is 32.2. The summed E-state index contributed by atoms with van der Waals surface area (Å²) >= 11 is 0. The van der Waals surface area contributed by atoms with E-state index in [0.29, 0.717) is 12.1 Å². The van der Waals surface area contributed by atoms with Crippen molar-refractivity contribution < 1.29 is 8.42 Å². The molecule has 0 bridgehead atoms. The average Bonchev–Trinajstić information content (AvgIpc) is 2.64. The fourth-order valence-electron chi connectivity index (χ4n) is 2.78. The van der Waals surface area contributed by atoms with Crippen molar-refractivity contribution in [2.24, 2.45) is 5.14 Å². The summed E-state index contributed by atoms with van der Waals surface area (Å²) in [5, 5.41) is 8.62. The number of hydrogen-bond acceptors (Lipinski definition) is 4. The summed E-state index contributed by atoms with van der Waals surface area (Å²) < 4.78 is 22.8. The summed E-state index contributed by atoms with van der Waals surface area (Å²) in [6.45, 7) is 6.66. The van der Waals surface area contributed by atoms with Crippen LogP contribution in [0.5, 0.6) is 0 Å². The minimum absolute atomic E-state index is 0.157. The number of nitrogens with two attached hydrogens (primary N) is 1. The van der Waals surface area contributed by atoms with Crippen molar-refractivity contribution in [1.29, 1.82) is 0 Å². The number of anilines is 1. The van der Waals surface area contributed by atoms with Crippen LogP contribution in [0.2, 0.25) is 0 Å². The molecule has 0 spiro atoms. The monoisotopic (exact) mass is 311 g/mol. The number of hydrogen-bond donors (Lipinski definition) is 2. The van der Waals surface area contributed by atoms with E-state index in [4.69, 9.17) is 5.14 Å². The van der Waals surface area contributed by atoms with Crippen molar-refractivity contribution in [2.45, 2.75) is 50.1 Å². The Morgan fingerprint density at radius 1 is 1.29 bits per heavy atom. The van der Waals surface area contributed by atoms with Crippen LogP contribution in [-0.4, -0.2) is 38.5 Å². The van der Waals surface area contributed by atoms with Crippen LogP contribution in [0.1, 0.15) is 33.1 Å². The fraction of sp³-hybridized carbons (Fsp3) is 0.600. The standard InChI is InChI=1S/C15H25N3O2S/c1-12(2)18-9-4-6-13(8-10-18)17-14-5-3-7-15(11-14)21(16,19)20/h3,5,7,11-13,17H,4,6,8-10H2,1-2H3,(H2,16,19,20). The zero-order chi connectivity index (χ0) is 15.5. The largest absolute Gasteiger partial charge is 0.382 e. The average molecular weight is 311 g/mol. The molecule has 1 aromatic carbocycles. The molecule has 3 N–H and O–H groups in total. The molecule has 2 rings (SSSR count). The minimum Gasteiger partial charge on any atom is -0.382 e. The van der Waals surface area contributed by atoms with Gasteiger partial charge in [-0.05, 0) is 57.9 Å². The molecule has 1 unspecified atom stereocenters. The van der Waals surface area contributed by atoms with Crippen molar-refractivity contribution >= 4 is 15.7 Å². The number of nitrogens with zero attached hydrogens (tertiary/aromatic N) is 1. The van der Waals surface area contributed by atoms with Crippen molar-refractivity contribution in [3.63, 3.8) is 0 Å². The molecule has 1 atom stereocenters. The molecule has 1 aliphatic rings. The first-order valence-corrected chi connectivity index (χ1v) is 9.04. The molecule has 0 saturated carbocycles. The third-order valence-corrected chi connectivity index (χ3v) is 4.94. The van der Waals surface area contributed by atoms with Crippen LogP contribution in [-0.2, 0) is 10.0 Å². The van der Waals surface area contributed by atoms with E-state index in [2.05, 4.69) is 24.1 Å². The molecule has 0 aromatic heterocycles. The number of sulfonamides is 1. The van der Waals surface area contributed by atoms with Crippen molar-refractivity contribution in [1.82, 2.24) is 4.90 Å². The maximum Gasteiger partial charge on any atom is 0.238 e. The summed E-state index contributed by atoms with van der Waals surface area (Å²) in [5.74, 6) is 0. The molecule has 5 nitrogen and oxygen atoms in total. The predicted octanol–water partition coefficient (Wildman–Crippen LogP) is 2.01. The maximum atomic E-state index is 11.4. The Kier molecular flexibility index (Phi) is 5.24. The van der Waals surface area contributed by atoms with Gasteiger partial charge >= 0.3 is 0 Å². The van der Waals surface area contributed by atoms with Crippen LogP contribution in [0.25, 0.3) is 0 Å². The second kappa shape index (κ2) is 6.77. The van der Waals surface area contributed by atoms with Crippen LogP contribution < -0.4 is 10.5 Å².